The molecule has 12 heteroatoms. The lowest BCUT2D eigenvalue weighted by atomic mass is 10.1. The highest BCUT2D eigenvalue weighted by Crippen LogP contribution is 2.08. The van der Waals surface area contributed by atoms with E-state index in [1.807, 2.05) is 6.07 Å². The molecule has 0 heterocycles. The predicted octanol–water partition coefficient (Wildman–Crippen LogP) is 1.69. The molecule has 1 rings (SSSR count). The first-order valence-corrected chi connectivity index (χ1v) is 10.4. The molecule has 1 aromatic carbocycles. The Morgan fingerprint density at radius 2 is 1.71 bits per heavy atom. The Morgan fingerprint density at radius 1 is 1.00 bits per heavy atom. The van der Waals surface area contributed by atoms with Gasteiger partial charge in [0, 0.05) is 28.5 Å². The molecular weight excluding hydrogens is 527 g/mol. The van der Waals surface area contributed by atoms with E-state index in [0.29, 0.717) is 24.9 Å². The van der Waals surface area contributed by atoms with Gasteiger partial charge in [-0.25, -0.2) is 14.4 Å². The zero-order valence-corrected chi connectivity index (χ0v) is 18.5. The van der Waals surface area contributed by atoms with Gasteiger partial charge in [-0.2, -0.15) is 0 Å². The van der Waals surface area contributed by atoms with Crippen molar-refractivity contribution in [2.45, 2.75) is 44.2 Å². The summed E-state index contributed by atoms with van der Waals surface area (Å²) in [6.45, 7) is 0.303. The molecule has 0 fully saturated rings. The van der Waals surface area contributed by atoms with Crippen molar-refractivity contribution in [1.82, 2.24) is 10.6 Å². The molecule has 2 amide bonds. The third kappa shape index (κ3) is 10.6. The number of halogens is 1. The van der Waals surface area contributed by atoms with Crippen LogP contribution in [0.15, 0.2) is 24.3 Å². The van der Waals surface area contributed by atoms with Gasteiger partial charge in [0.2, 0.25) is 6.10 Å². The Hall–Kier alpha value is -2.90. The van der Waals surface area contributed by atoms with Crippen LogP contribution in [0.2, 0.25) is 0 Å². The van der Waals surface area contributed by atoms with Crippen molar-refractivity contribution in [2.24, 2.45) is 0 Å². The number of nitrogens with one attached hydrogen (secondary N) is 2. The Bertz CT molecular complexity index is 815. The van der Waals surface area contributed by atoms with Crippen LogP contribution in [0.4, 0.5) is 4.79 Å². The van der Waals surface area contributed by atoms with Gasteiger partial charge in [-0.05, 0) is 60.1 Å². The van der Waals surface area contributed by atoms with Crippen LogP contribution in [0.5, 0.6) is 0 Å². The summed E-state index contributed by atoms with van der Waals surface area (Å²) in [6.07, 6.45) is -3.12. The van der Waals surface area contributed by atoms with Gasteiger partial charge in [0.05, 0.1) is 0 Å². The summed E-state index contributed by atoms with van der Waals surface area (Å²) in [5.41, 5.74) is 0.510. The minimum Gasteiger partial charge on any atom is -0.481 e. The summed E-state index contributed by atoms with van der Waals surface area (Å²) in [7, 11) is 0. The number of ether oxygens (including phenoxy) is 1. The molecule has 0 aromatic heterocycles. The van der Waals surface area contributed by atoms with Gasteiger partial charge in [0.1, 0.15) is 6.04 Å². The molecule has 0 saturated heterocycles. The largest absolute Gasteiger partial charge is 0.481 e. The fraction of sp³-hybridized carbons (Fsp3) is 0.421. The molecule has 0 radical (unpaired) electrons. The van der Waals surface area contributed by atoms with E-state index in [-0.39, 0.29) is 12.3 Å². The van der Waals surface area contributed by atoms with E-state index in [1.54, 1.807) is 18.2 Å². The number of rotatable bonds is 13. The first-order valence-electron chi connectivity index (χ1n) is 9.28. The van der Waals surface area contributed by atoms with Gasteiger partial charge in [0.25, 0.3) is 5.91 Å². The number of carboxylic acids is 3. The van der Waals surface area contributed by atoms with Crippen molar-refractivity contribution in [2.75, 3.05) is 6.54 Å². The van der Waals surface area contributed by atoms with E-state index in [9.17, 15) is 29.1 Å². The summed E-state index contributed by atoms with van der Waals surface area (Å²) in [4.78, 5) is 56.7. The van der Waals surface area contributed by atoms with Crippen molar-refractivity contribution < 1.29 is 44.0 Å². The highest BCUT2D eigenvalue weighted by atomic mass is 127. The van der Waals surface area contributed by atoms with Gasteiger partial charge >= 0.3 is 24.0 Å². The molecule has 0 aliphatic carbocycles. The maximum atomic E-state index is 12.0. The third-order valence-corrected chi connectivity index (χ3v) is 4.70. The Morgan fingerprint density at radius 3 is 2.29 bits per heavy atom. The van der Waals surface area contributed by atoms with Gasteiger partial charge in [-0.1, -0.05) is 6.07 Å². The van der Waals surface area contributed by atoms with E-state index in [4.69, 9.17) is 10.2 Å². The van der Waals surface area contributed by atoms with Crippen molar-refractivity contribution >= 4 is 52.5 Å². The lowest BCUT2D eigenvalue weighted by Crippen LogP contribution is -2.43. The first kappa shape index (κ1) is 26.1. The summed E-state index contributed by atoms with van der Waals surface area (Å²) in [5, 5.41) is 31.6. The number of hydrogen-bond acceptors (Lipinski definition) is 6. The number of carboxylic acid groups (broad SMARTS) is 3. The van der Waals surface area contributed by atoms with Gasteiger partial charge in [0.15, 0.2) is 0 Å². The molecule has 5 N–H and O–H groups in total. The van der Waals surface area contributed by atoms with Crippen LogP contribution in [0, 0.1) is 3.57 Å². The van der Waals surface area contributed by atoms with Gasteiger partial charge in [-0.15, -0.1) is 0 Å². The highest BCUT2D eigenvalue weighted by molar-refractivity contribution is 14.1. The molecule has 0 spiro atoms. The van der Waals surface area contributed by atoms with E-state index < -0.39 is 49.0 Å². The molecular formula is C19H23IN2O9. The van der Waals surface area contributed by atoms with E-state index in [2.05, 4.69) is 38.0 Å². The number of unbranched alkanes of at least 4 members (excludes halogenated alkanes) is 1. The van der Waals surface area contributed by atoms with Crippen LogP contribution in [-0.2, 0) is 19.1 Å². The highest BCUT2D eigenvalue weighted by Gasteiger charge is 2.26. The summed E-state index contributed by atoms with van der Waals surface area (Å²) in [5.74, 6) is -4.38. The molecule has 0 saturated carbocycles. The molecule has 0 unspecified atom stereocenters. The molecule has 2 atom stereocenters. The number of carbonyl (C=O) groups is 5. The second kappa shape index (κ2) is 13.4. The van der Waals surface area contributed by atoms with E-state index >= 15 is 0 Å². The first-order chi connectivity index (χ1) is 14.6. The summed E-state index contributed by atoms with van der Waals surface area (Å²) >= 11 is 2.09. The fourth-order valence-electron chi connectivity index (χ4n) is 2.46. The molecule has 170 valence electrons. The minimum atomic E-state index is -1.71. The normalized spacial score (nSPS) is 12.3. The van der Waals surface area contributed by atoms with Crippen LogP contribution in [0.25, 0.3) is 0 Å². The zero-order chi connectivity index (χ0) is 23.4. The maximum absolute atomic E-state index is 12.0. The Labute approximate surface area is 191 Å². The second-order valence-electron chi connectivity index (χ2n) is 6.46. The van der Waals surface area contributed by atoms with E-state index in [1.165, 1.54) is 0 Å². The Balaban J connectivity index is 2.42. The van der Waals surface area contributed by atoms with Crippen molar-refractivity contribution in [3.8, 4) is 0 Å². The average Bonchev–Trinajstić information content (AvgIpc) is 2.69. The summed E-state index contributed by atoms with van der Waals surface area (Å²) in [6, 6.07) is 5.69. The number of amides is 2. The molecule has 0 aliphatic rings. The molecule has 0 bridgehead atoms. The number of aliphatic carboxylic acids is 3. The summed E-state index contributed by atoms with van der Waals surface area (Å²) < 4.78 is 5.54. The second-order valence-corrected chi connectivity index (χ2v) is 7.71. The SMILES string of the molecule is O=C(O)CC[C@H](OC(=O)N[C@@H](CCCCNC(=O)c1cccc(I)c1)C(=O)O)C(=O)O. The lowest BCUT2D eigenvalue weighted by molar-refractivity contribution is -0.148. The van der Waals surface area contributed by atoms with Crippen molar-refractivity contribution in [3.63, 3.8) is 0 Å². The predicted molar refractivity (Wildman–Crippen MR) is 115 cm³/mol. The van der Waals surface area contributed by atoms with Gasteiger partial charge < -0.3 is 30.7 Å². The molecule has 1 aromatic rings. The molecule has 31 heavy (non-hydrogen) atoms. The minimum absolute atomic E-state index is 0.0242. The maximum Gasteiger partial charge on any atom is 0.408 e. The van der Waals surface area contributed by atoms with Gasteiger partial charge in [-0.3, -0.25) is 9.59 Å². The topological polar surface area (TPSA) is 179 Å². The molecule has 0 aliphatic heterocycles. The Kier molecular flexibility index (Phi) is 11.3. The van der Waals surface area contributed by atoms with Crippen LogP contribution in [0.1, 0.15) is 42.5 Å². The smallest absolute Gasteiger partial charge is 0.408 e. The third-order valence-electron chi connectivity index (χ3n) is 4.03. The monoisotopic (exact) mass is 550 g/mol. The van der Waals surface area contributed by atoms with Crippen LogP contribution in [0.3, 0.4) is 0 Å². The van der Waals surface area contributed by atoms with Crippen LogP contribution >= 0.6 is 22.6 Å². The zero-order valence-electron chi connectivity index (χ0n) is 16.4. The number of benzene rings is 1. The standard InChI is InChI=1S/C19H23IN2O9/c20-12-5-3-4-11(10-12)16(25)21-9-2-1-6-13(17(26)27)22-19(30)31-14(18(28)29)7-8-15(23)24/h3-5,10,13-14H,1-2,6-9H2,(H,21,25)(H,22,30)(H,23,24)(H,26,27)(H,28,29)/t13-,14-/m0/s1. The number of carbonyl (C=O) groups excluding carboxylic acids is 2. The quantitative estimate of drug-likeness (QED) is 0.181. The lowest BCUT2D eigenvalue weighted by Gasteiger charge is -2.17. The molecule has 11 nitrogen and oxygen atoms in total. The van der Waals surface area contributed by atoms with E-state index in [0.717, 1.165) is 3.57 Å². The number of hydrogen-bond donors (Lipinski definition) is 5. The van der Waals surface area contributed by atoms with Crippen molar-refractivity contribution in [1.29, 1.82) is 0 Å². The number of alkyl carbamates (subject to hydrolysis) is 1. The average molecular weight is 550 g/mol. The fourth-order valence-corrected chi connectivity index (χ4v) is 3.00. The van der Waals surface area contributed by atoms with Crippen LogP contribution in [-0.4, -0.2) is 63.9 Å². The van der Waals surface area contributed by atoms with Crippen molar-refractivity contribution in [3.05, 3.63) is 33.4 Å². The van der Waals surface area contributed by atoms with Crippen LogP contribution < -0.4 is 10.6 Å².